The van der Waals surface area contributed by atoms with Gasteiger partial charge in [0.15, 0.2) is 9.84 Å². The molecule has 0 bridgehead atoms. The predicted octanol–water partition coefficient (Wildman–Crippen LogP) is 0.461. The van der Waals surface area contributed by atoms with Crippen LogP contribution >= 0.6 is 0 Å². The standard InChI is InChI=1S/C13H24N4O2S/c1-5-14-8-12-11(3)15-16(4)13(12)17-6-7-20(18,19)9-10(17)2/h10,14H,5-9H2,1-4H3. The van der Waals surface area contributed by atoms with Crippen molar-refractivity contribution in [3.63, 3.8) is 0 Å². The number of anilines is 1. The summed E-state index contributed by atoms with van der Waals surface area (Å²) in [6.45, 7) is 8.25. The van der Waals surface area contributed by atoms with E-state index in [-0.39, 0.29) is 17.5 Å². The topological polar surface area (TPSA) is 67.2 Å². The number of rotatable bonds is 4. The molecule has 2 rings (SSSR count). The average molecular weight is 300 g/mol. The summed E-state index contributed by atoms with van der Waals surface area (Å²) in [4.78, 5) is 2.17. The number of hydrogen-bond acceptors (Lipinski definition) is 5. The van der Waals surface area contributed by atoms with Gasteiger partial charge in [-0.15, -0.1) is 0 Å². The number of sulfone groups is 1. The molecule has 1 aromatic rings. The van der Waals surface area contributed by atoms with Crippen LogP contribution in [-0.4, -0.2) is 48.8 Å². The number of nitrogens with zero attached hydrogens (tertiary/aromatic N) is 3. The molecule has 20 heavy (non-hydrogen) atoms. The second kappa shape index (κ2) is 5.73. The first-order valence-corrected chi connectivity index (χ1v) is 8.88. The van der Waals surface area contributed by atoms with Crippen molar-refractivity contribution in [3.8, 4) is 0 Å². The lowest BCUT2D eigenvalue weighted by atomic mass is 10.2. The van der Waals surface area contributed by atoms with Crippen LogP contribution in [0.5, 0.6) is 0 Å². The van der Waals surface area contributed by atoms with E-state index in [0.29, 0.717) is 6.54 Å². The molecule has 7 heteroatoms. The van der Waals surface area contributed by atoms with Crippen LogP contribution in [0.1, 0.15) is 25.1 Å². The van der Waals surface area contributed by atoms with Crippen LogP contribution in [0, 0.1) is 6.92 Å². The Hall–Kier alpha value is -1.08. The minimum atomic E-state index is -2.90. The van der Waals surface area contributed by atoms with Crippen molar-refractivity contribution in [1.82, 2.24) is 15.1 Å². The van der Waals surface area contributed by atoms with Gasteiger partial charge in [-0.1, -0.05) is 6.92 Å². The molecule has 1 aromatic heterocycles. The fourth-order valence-electron chi connectivity index (χ4n) is 2.82. The maximum atomic E-state index is 11.7. The normalized spacial score (nSPS) is 22.2. The Bertz CT molecular complexity index is 579. The molecule has 1 unspecified atom stereocenters. The predicted molar refractivity (Wildman–Crippen MR) is 80.8 cm³/mol. The molecule has 1 aliphatic heterocycles. The molecule has 6 nitrogen and oxygen atoms in total. The number of aromatic nitrogens is 2. The summed E-state index contributed by atoms with van der Waals surface area (Å²) in [6.07, 6.45) is 0. The maximum Gasteiger partial charge on any atom is 0.154 e. The van der Waals surface area contributed by atoms with E-state index < -0.39 is 9.84 Å². The second-order valence-corrected chi connectivity index (χ2v) is 7.68. The van der Waals surface area contributed by atoms with Crippen LogP contribution in [0.25, 0.3) is 0 Å². The van der Waals surface area contributed by atoms with Crippen LogP contribution in [0.4, 0.5) is 5.82 Å². The van der Waals surface area contributed by atoms with E-state index in [1.807, 2.05) is 25.6 Å². The minimum absolute atomic E-state index is 0.0103. The van der Waals surface area contributed by atoms with Gasteiger partial charge in [0.2, 0.25) is 0 Å². The van der Waals surface area contributed by atoms with Gasteiger partial charge < -0.3 is 10.2 Å². The van der Waals surface area contributed by atoms with E-state index in [1.165, 1.54) is 5.56 Å². The van der Waals surface area contributed by atoms with Crippen molar-refractivity contribution in [3.05, 3.63) is 11.3 Å². The summed E-state index contributed by atoms with van der Waals surface area (Å²) in [7, 11) is -0.971. The fraction of sp³-hybridized carbons (Fsp3) is 0.769. The maximum absolute atomic E-state index is 11.7. The van der Waals surface area contributed by atoms with Gasteiger partial charge in [0.05, 0.1) is 17.2 Å². The summed E-state index contributed by atoms with van der Waals surface area (Å²) in [5.41, 5.74) is 2.17. The molecule has 0 spiro atoms. The van der Waals surface area contributed by atoms with Gasteiger partial charge in [-0.05, 0) is 20.4 Å². The Morgan fingerprint density at radius 3 is 2.75 bits per heavy atom. The van der Waals surface area contributed by atoms with Crippen molar-refractivity contribution in [2.75, 3.05) is 29.5 Å². The fourth-order valence-corrected chi connectivity index (χ4v) is 4.38. The van der Waals surface area contributed by atoms with Gasteiger partial charge in [0.25, 0.3) is 0 Å². The monoisotopic (exact) mass is 300 g/mol. The molecule has 2 heterocycles. The quantitative estimate of drug-likeness (QED) is 0.875. The van der Waals surface area contributed by atoms with E-state index in [1.54, 1.807) is 0 Å². The Morgan fingerprint density at radius 2 is 2.15 bits per heavy atom. The second-order valence-electron chi connectivity index (χ2n) is 5.45. The average Bonchev–Trinajstić information content (AvgIpc) is 2.61. The first-order valence-electron chi connectivity index (χ1n) is 7.06. The van der Waals surface area contributed by atoms with Crippen molar-refractivity contribution < 1.29 is 8.42 Å². The third-order valence-electron chi connectivity index (χ3n) is 3.81. The number of aryl methyl sites for hydroxylation is 2. The molecule has 0 amide bonds. The van der Waals surface area contributed by atoms with Gasteiger partial charge >= 0.3 is 0 Å². The molecule has 1 saturated heterocycles. The van der Waals surface area contributed by atoms with E-state index in [2.05, 4.69) is 22.2 Å². The third-order valence-corrected chi connectivity index (χ3v) is 5.60. The van der Waals surface area contributed by atoms with Gasteiger partial charge in [-0.2, -0.15) is 5.10 Å². The largest absolute Gasteiger partial charge is 0.352 e. The lowest BCUT2D eigenvalue weighted by Crippen LogP contribution is -2.48. The summed E-state index contributed by atoms with van der Waals surface area (Å²) < 4.78 is 25.3. The molecule has 0 aromatic carbocycles. The molecule has 1 N–H and O–H groups in total. The van der Waals surface area contributed by atoms with Crippen LogP contribution in [0.15, 0.2) is 0 Å². The molecule has 0 radical (unpaired) electrons. The molecular weight excluding hydrogens is 276 g/mol. The molecule has 1 aliphatic rings. The van der Waals surface area contributed by atoms with Crippen molar-refractivity contribution in [2.45, 2.75) is 33.4 Å². The van der Waals surface area contributed by atoms with E-state index >= 15 is 0 Å². The highest BCUT2D eigenvalue weighted by Gasteiger charge is 2.31. The molecule has 0 saturated carbocycles. The van der Waals surface area contributed by atoms with Crippen molar-refractivity contribution in [1.29, 1.82) is 0 Å². The molecule has 1 atom stereocenters. The van der Waals surface area contributed by atoms with Crippen molar-refractivity contribution >= 4 is 15.7 Å². The zero-order valence-electron chi connectivity index (χ0n) is 12.7. The Balaban J connectivity index is 2.32. The van der Waals surface area contributed by atoms with Gasteiger partial charge in [-0.3, -0.25) is 4.68 Å². The van der Waals surface area contributed by atoms with Gasteiger partial charge in [0, 0.05) is 31.7 Å². The number of hydrogen-bond donors (Lipinski definition) is 1. The Kier molecular flexibility index (Phi) is 4.39. The van der Waals surface area contributed by atoms with E-state index in [0.717, 1.165) is 24.6 Å². The van der Waals surface area contributed by atoms with Crippen LogP contribution in [0.2, 0.25) is 0 Å². The third kappa shape index (κ3) is 2.98. The first-order chi connectivity index (χ1) is 9.35. The zero-order chi connectivity index (χ0) is 14.9. The van der Waals surface area contributed by atoms with E-state index in [4.69, 9.17) is 0 Å². The smallest absolute Gasteiger partial charge is 0.154 e. The summed E-state index contributed by atoms with van der Waals surface area (Å²) in [5.74, 6) is 1.49. The van der Waals surface area contributed by atoms with Crippen LogP contribution < -0.4 is 10.2 Å². The summed E-state index contributed by atoms with van der Waals surface area (Å²) in [5, 5.41) is 7.83. The molecule has 1 fully saturated rings. The summed E-state index contributed by atoms with van der Waals surface area (Å²) in [6, 6.07) is -0.0103. The summed E-state index contributed by atoms with van der Waals surface area (Å²) >= 11 is 0. The lowest BCUT2D eigenvalue weighted by molar-refractivity contribution is 0.560. The Morgan fingerprint density at radius 1 is 1.45 bits per heavy atom. The van der Waals surface area contributed by atoms with Crippen molar-refractivity contribution in [2.24, 2.45) is 7.05 Å². The highest BCUT2D eigenvalue weighted by molar-refractivity contribution is 7.91. The molecule has 114 valence electrons. The first kappa shape index (κ1) is 15.3. The van der Waals surface area contributed by atoms with Gasteiger partial charge in [0.1, 0.15) is 5.82 Å². The zero-order valence-corrected chi connectivity index (χ0v) is 13.5. The van der Waals surface area contributed by atoms with Crippen LogP contribution in [0.3, 0.4) is 0 Å². The number of nitrogens with one attached hydrogen (secondary N) is 1. The van der Waals surface area contributed by atoms with Gasteiger partial charge in [-0.25, -0.2) is 8.42 Å². The van der Waals surface area contributed by atoms with E-state index in [9.17, 15) is 8.42 Å². The van der Waals surface area contributed by atoms with Crippen LogP contribution in [-0.2, 0) is 23.4 Å². The highest BCUT2D eigenvalue weighted by atomic mass is 32.2. The highest BCUT2D eigenvalue weighted by Crippen LogP contribution is 2.27. The molecular formula is C13H24N4O2S. The molecule has 0 aliphatic carbocycles. The lowest BCUT2D eigenvalue weighted by Gasteiger charge is -2.35. The Labute approximate surface area is 121 Å². The minimum Gasteiger partial charge on any atom is -0.352 e. The SMILES string of the molecule is CCNCc1c(C)nn(C)c1N1CCS(=O)(=O)CC1C.